The second-order valence-electron chi connectivity index (χ2n) is 7.90. The highest BCUT2D eigenvalue weighted by Crippen LogP contribution is 2.26. The molecule has 2 aliphatic rings. The number of amides is 1. The highest BCUT2D eigenvalue weighted by atomic mass is 32.2. The quantitative estimate of drug-likeness (QED) is 0.503. The maximum atomic E-state index is 12.8. The van der Waals surface area contributed by atoms with Gasteiger partial charge in [0.25, 0.3) is 0 Å². The lowest BCUT2D eigenvalue weighted by atomic mass is 9.97. The summed E-state index contributed by atoms with van der Waals surface area (Å²) in [5.41, 5.74) is 0. The Labute approximate surface area is 183 Å². The van der Waals surface area contributed by atoms with Gasteiger partial charge in [-0.05, 0) is 44.2 Å². The molecule has 1 aromatic carbocycles. The van der Waals surface area contributed by atoms with E-state index < -0.39 is 22.2 Å². The standard InChI is InChI=1S/C21H32N2O7S/c1-28-18-4-2-3-5-20(18)31(26,27)23-17-7-6-16(30-19(17)14-24)8-11-22-21(25)15-9-12-29-13-10-15/h2-5,15-17,19,23-24H,6-14H2,1H3,(H,22,25)/t16-,17-,19-/m1/s1. The summed E-state index contributed by atoms with van der Waals surface area (Å²) in [4.78, 5) is 12.3. The summed E-state index contributed by atoms with van der Waals surface area (Å²) in [5.74, 6) is 0.297. The van der Waals surface area contributed by atoms with Crippen LogP contribution in [0.25, 0.3) is 0 Å². The molecule has 0 aliphatic carbocycles. The number of ether oxygens (including phenoxy) is 3. The van der Waals surface area contributed by atoms with Crippen molar-refractivity contribution in [3.63, 3.8) is 0 Å². The molecule has 0 aromatic heterocycles. The van der Waals surface area contributed by atoms with Crippen LogP contribution in [0.1, 0.15) is 32.1 Å². The summed E-state index contributed by atoms with van der Waals surface area (Å²) in [6, 6.07) is 5.84. The Morgan fingerprint density at radius 2 is 1.94 bits per heavy atom. The van der Waals surface area contributed by atoms with Crippen molar-refractivity contribution < 1.29 is 32.5 Å². The van der Waals surface area contributed by atoms with Crippen molar-refractivity contribution in [1.82, 2.24) is 10.0 Å². The molecule has 9 nitrogen and oxygen atoms in total. The first kappa shape index (κ1) is 23.9. The van der Waals surface area contributed by atoms with Gasteiger partial charge in [0.15, 0.2) is 0 Å². The van der Waals surface area contributed by atoms with Gasteiger partial charge in [-0.2, -0.15) is 0 Å². The first-order valence-electron chi connectivity index (χ1n) is 10.7. The predicted octanol–water partition coefficient (Wildman–Crippen LogP) is 0.815. The number of benzene rings is 1. The molecular weight excluding hydrogens is 424 g/mol. The molecule has 1 aromatic rings. The third kappa shape index (κ3) is 6.39. The van der Waals surface area contributed by atoms with E-state index in [1.165, 1.54) is 13.2 Å². The Bertz CT molecular complexity index is 827. The van der Waals surface area contributed by atoms with E-state index in [1.54, 1.807) is 18.2 Å². The van der Waals surface area contributed by atoms with Crippen LogP contribution < -0.4 is 14.8 Å². The molecule has 0 unspecified atom stereocenters. The van der Waals surface area contributed by atoms with Crippen molar-refractivity contribution in [2.45, 2.75) is 55.2 Å². The molecular formula is C21H32N2O7S. The number of para-hydroxylation sites is 1. The normalized spacial score (nSPS) is 25.2. The van der Waals surface area contributed by atoms with Crippen molar-refractivity contribution in [1.29, 1.82) is 0 Å². The molecule has 2 aliphatic heterocycles. The first-order valence-corrected chi connectivity index (χ1v) is 12.2. The minimum Gasteiger partial charge on any atom is -0.495 e. The SMILES string of the molecule is COc1ccccc1S(=O)(=O)N[C@@H]1CC[C@H](CCNC(=O)C2CCOCC2)O[C@@H]1CO. The number of carbonyl (C=O) groups excluding carboxylic acids is 1. The predicted molar refractivity (Wildman–Crippen MR) is 113 cm³/mol. The number of hydrogen-bond donors (Lipinski definition) is 3. The second-order valence-corrected chi connectivity index (χ2v) is 9.58. The number of nitrogens with one attached hydrogen (secondary N) is 2. The molecule has 2 saturated heterocycles. The van der Waals surface area contributed by atoms with Gasteiger partial charge in [0.1, 0.15) is 10.6 Å². The van der Waals surface area contributed by atoms with Gasteiger partial charge in [0, 0.05) is 25.7 Å². The Morgan fingerprint density at radius 1 is 1.19 bits per heavy atom. The van der Waals surface area contributed by atoms with E-state index in [1.807, 2.05) is 0 Å². The van der Waals surface area contributed by atoms with Gasteiger partial charge < -0.3 is 24.6 Å². The first-order chi connectivity index (χ1) is 14.9. The lowest BCUT2D eigenvalue weighted by molar-refractivity contribution is -0.128. The molecule has 1 amide bonds. The van der Waals surface area contributed by atoms with Gasteiger partial charge in [-0.15, -0.1) is 0 Å². The molecule has 2 heterocycles. The third-order valence-corrected chi connectivity index (χ3v) is 7.35. The molecule has 0 saturated carbocycles. The number of aliphatic hydroxyl groups excluding tert-OH is 1. The van der Waals surface area contributed by atoms with Crippen LogP contribution >= 0.6 is 0 Å². The largest absolute Gasteiger partial charge is 0.495 e. The van der Waals surface area contributed by atoms with E-state index in [2.05, 4.69) is 10.0 Å². The molecule has 0 bridgehead atoms. The van der Waals surface area contributed by atoms with Crippen LogP contribution in [0.4, 0.5) is 0 Å². The molecule has 0 spiro atoms. The average molecular weight is 457 g/mol. The Balaban J connectivity index is 1.50. The van der Waals surface area contributed by atoms with Crippen molar-refractivity contribution in [2.75, 3.05) is 33.5 Å². The maximum absolute atomic E-state index is 12.8. The number of sulfonamides is 1. The van der Waals surface area contributed by atoms with Crippen LogP contribution in [0.3, 0.4) is 0 Å². The van der Waals surface area contributed by atoms with Gasteiger partial charge in [-0.3, -0.25) is 4.79 Å². The van der Waals surface area contributed by atoms with Crippen molar-refractivity contribution >= 4 is 15.9 Å². The van der Waals surface area contributed by atoms with Crippen molar-refractivity contribution in [2.24, 2.45) is 5.92 Å². The molecule has 0 radical (unpaired) electrons. The molecule has 10 heteroatoms. The smallest absolute Gasteiger partial charge is 0.244 e. The molecule has 174 valence electrons. The van der Waals surface area contributed by atoms with E-state index in [0.717, 1.165) is 12.8 Å². The van der Waals surface area contributed by atoms with Crippen LogP contribution in [0.15, 0.2) is 29.2 Å². The second kappa shape index (κ2) is 11.2. The minimum atomic E-state index is -3.84. The summed E-state index contributed by atoms with van der Waals surface area (Å²) in [5, 5.41) is 12.7. The van der Waals surface area contributed by atoms with Gasteiger partial charge in [-0.25, -0.2) is 13.1 Å². The number of rotatable bonds is 9. The Hall–Kier alpha value is -1.72. The topological polar surface area (TPSA) is 123 Å². The molecule has 2 fully saturated rings. The monoisotopic (exact) mass is 456 g/mol. The Kier molecular flexibility index (Phi) is 8.67. The van der Waals surface area contributed by atoms with Crippen molar-refractivity contribution in [3.05, 3.63) is 24.3 Å². The van der Waals surface area contributed by atoms with Gasteiger partial charge in [0.2, 0.25) is 15.9 Å². The minimum absolute atomic E-state index is 0.0000190. The summed E-state index contributed by atoms with van der Waals surface area (Å²) in [7, 11) is -2.42. The van der Waals surface area contributed by atoms with Crippen LogP contribution in [0.5, 0.6) is 5.75 Å². The fourth-order valence-electron chi connectivity index (χ4n) is 4.04. The summed E-state index contributed by atoms with van der Waals surface area (Å²) in [6.45, 7) is 1.42. The van der Waals surface area contributed by atoms with Gasteiger partial charge in [0.05, 0.1) is 32.0 Å². The number of aliphatic hydroxyl groups is 1. The number of carbonyl (C=O) groups is 1. The molecule has 3 N–H and O–H groups in total. The molecule has 31 heavy (non-hydrogen) atoms. The zero-order valence-corrected chi connectivity index (χ0v) is 18.6. The number of hydrogen-bond acceptors (Lipinski definition) is 7. The van der Waals surface area contributed by atoms with Crippen LogP contribution in [0, 0.1) is 5.92 Å². The highest BCUT2D eigenvalue weighted by molar-refractivity contribution is 7.89. The maximum Gasteiger partial charge on any atom is 0.244 e. The Morgan fingerprint density at radius 3 is 2.65 bits per heavy atom. The summed E-state index contributed by atoms with van der Waals surface area (Å²) >= 11 is 0. The summed E-state index contributed by atoms with van der Waals surface area (Å²) in [6.07, 6.45) is 2.44. The van der Waals surface area contributed by atoms with Gasteiger partial charge >= 0.3 is 0 Å². The number of methoxy groups -OCH3 is 1. The average Bonchev–Trinajstić information content (AvgIpc) is 2.80. The lowest BCUT2D eigenvalue weighted by Crippen LogP contribution is -2.51. The van der Waals surface area contributed by atoms with E-state index in [-0.39, 0.29) is 35.2 Å². The fraction of sp³-hybridized carbons (Fsp3) is 0.667. The fourth-order valence-corrected chi connectivity index (χ4v) is 5.51. The highest BCUT2D eigenvalue weighted by Gasteiger charge is 2.34. The van der Waals surface area contributed by atoms with E-state index in [4.69, 9.17) is 14.2 Å². The zero-order chi connectivity index (χ0) is 22.3. The zero-order valence-electron chi connectivity index (χ0n) is 17.8. The van der Waals surface area contributed by atoms with Crippen LogP contribution in [-0.2, 0) is 24.3 Å². The third-order valence-electron chi connectivity index (χ3n) is 5.82. The summed E-state index contributed by atoms with van der Waals surface area (Å²) < 4.78 is 44.7. The van der Waals surface area contributed by atoms with Gasteiger partial charge in [-0.1, -0.05) is 12.1 Å². The van der Waals surface area contributed by atoms with Crippen molar-refractivity contribution in [3.8, 4) is 5.75 Å². The van der Waals surface area contributed by atoms with E-state index >= 15 is 0 Å². The van der Waals surface area contributed by atoms with E-state index in [0.29, 0.717) is 39.0 Å². The van der Waals surface area contributed by atoms with E-state index in [9.17, 15) is 18.3 Å². The molecule has 3 atom stereocenters. The molecule has 3 rings (SSSR count). The van der Waals surface area contributed by atoms with Crippen LogP contribution in [0.2, 0.25) is 0 Å². The van der Waals surface area contributed by atoms with Crippen LogP contribution in [-0.4, -0.2) is 71.2 Å². The lowest BCUT2D eigenvalue weighted by Gasteiger charge is -2.36.